The molecule has 0 spiro atoms. The van der Waals surface area contributed by atoms with Crippen molar-refractivity contribution in [3.63, 3.8) is 0 Å². The maximum Gasteiger partial charge on any atom is 0.144 e. The summed E-state index contributed by atoms with van der Waals surface area (Å²) in [5.74, 6) is -0.665. The molecule has 2 aromatic heterocycles. The molecule has 0 saturated heterocycles. The fraction of sp³-hybridized carbons (Fsp3) is 0.0345. The van der Waals surface area contributed by atoms with Crippen molar-refractivity contribution in [3.05, 3.63) is 95.9 Å². The van der Waals surface area contributed by atoms with Crippen LogP contribution >= 0.6 is 0 Å². The SMILES string of the molecule is Cc1cc(-c2nccc3c(F)c(-c4c(O)cccc4C#N)ccc23)c2oc3ccccc3c2c1. The molecule has 0 aliphatic rings. The smallest absolute Gasteiger partial charge is 0.144 e. The van der Waals surface area contributed by atoms with Gasteiger partial charge in [-0.2, -0.15) is 5.26 Å². The molecule has 4 nitrogen and oxygen atoms in total. The van der Waals surface area contributed by atoms with E-state index in [9.17, 15) is 10.4 Å². The van der Waals surface area contributed by atoms with E-state index in [1.807, 2.05) is 43.3 Å². The molecule has 0 aliphatic carbocycles. The number of hydrogen-bond acceptors (Lipinski definition) is 4. The Labute approximate surface area is 194 Å². The van der Waals surface area contributed by atoms with Crippen molar-refractivity contribution < 1.29 is 13.9 Å². The van der Waals surface area contributed by atoms with Gasteiger partial charge in [0.15, 0.2) is 0 Å². The zero-order valence-corrected chi connectivity index (χ0v) is 18.1. The summed E-state index contributed by atoms with van der Waals surface area (Å²) in [6.45, 7) is 2.01. The van der Waals surface area contributed by atoms with Crippen molar-refractivity contribution in [2.24, 2.45) is 0 Å². The summed E-state index contributed by atoms with van der Waals surface area (Å²) in [4.78, 5) is 4.60. The van der Waals surface area contributed by atoms with Crippen molar-refractivity contribution >= 4 is 32.7 Å². The van der Waals surface area contributed by atoms with Crippen LogP contribution in [0.25, 0.3) is 55.1 Å². The van der Waals surface area contributed by atoms with Gasteiger partial charge in [-0.15, -0.1) is 0 Å². The molecule has 0 amide bonds. The van der Waals surface area contributed by atoms with Gasteiger partial charge in [-0.05, 0) is 48.9 Å². The maximum absolute atomic E-state index is 15.8. The van der Waals surface area contributed by atoms with Gasteiger partial charge < -0.3 is 9.52 Å². The number of nitriles is 1. The minimum Gasteiger partial charge on any atom is -0.507 e. The van der Waals surface area contributed by atoms with Crippen LogP contribution in [0.2, 0.25) is 0 Å². The normalized spacial score (nSPS) is 11.3. The number of aryl methyl sites for hydroxylation is 1. The largest absolute Gasteiger partial charge is 0.507 e. The highest BCUT2D eigenvalue weighted by Gasteiger charge is 2.20. The Kier molecular flexibility index (Phi) is 4.36. The summed E-state index contributed by atoms with van der Waals surface area (Å²) in [5.41, 5.74) is 4.45. The van der Waals surface area contributed by atoms with Crippen LogP contribution in [0, 0.1) is 24.1 Å². The minimum absolute atomic E-state index is 0.144. The third-order valence-electron chi connectivity index (χ3n) is 6.19. The van der Waals surface area contributed by atoms with Gasteiger partial charge >= 0.3 is 0 Å². The minimum atomic E-state index is -0.521. The Morgan fingerprint density at radius 2 is 1.74 bits per heavy atom. The lowest BCUT2D eigenvalue weighted by Crippen LogP contribution is -1.94. The van der Waals surface area contributed by atoms with Gasteiger partial charge in [0.1, 0.15) is 22.7 Å². The Morgan fingerprint density at radius 1 is 0.882 bits per heavy atom. The topological polar surface area (TPSA) is 70.1 Å². The molecule has 5 heteroatoms. The number of nitrogens with zero attached hydrogens (tertiary/aromatic N) is 2. The molecular formula is C29H17FN2O2. The second kappa shape index (κ2) is 7.43. The number of halogens is 1. The summed E-state index contributed by atoms with van der Waals surface area (Å²) < 4.78 is 22.0. The zero-order chi connectivity index (χ0) is 23.4. The number of aromatic nitrogens is 1. The first kappa shape index (κ1) is 20.0. The highest BCUT2D eigenvalue weighted by molar-refractivity contribution is 6.12. The molecule has 0 radical (unpaired) electrons. The highest BCUT2D eigenvalue weighted by atomic mass is 19.1. The van der Waals surface area contributed by atoms with E-state index in [1.165, 1.54) is 6.07 Å². The molecule has 0 unspecified atom stereocenters. The van der Waals surface area contributed by atoms with Crippen molar-refractivity contribution in [1.82, 2.24) is 4.98 Å². The summed E-state index contributed by atoms with van der Waals surface area (Å²) in [5, 5.41) is 22.8. The van der Waals surface area contributed by atoms with Crippen LogP contribution in [0.5, 0.6) is 5.75 Å². The second-order valence-electron chi connectivity index (χ2n) is 8.28. The van der Waals surface area contributed by atoms with E-state index >= 15 is 4.39 Å². The number of hydrogen-bond donors (Lipinski definition) is 1. The van der Waals surface area contributed by atoms with Gasteiger partial charge in [0, 0.05) is 44.4 Å². The van der Waals surface area contributed by atoms with Crippen LogP contribution in [0.3, 0.4) is 0 Å². The maximum atomic E-state index is 15.8. The lowest BCUT2D eigenvalue weighted by atomic mass is 9.94. The molecule has 6 aromatic rings. The second-order valence-corrected chi connectivity index (χ2v) is 8.28. The first-order valence-electron chi connectivity index (χ1n) is 10.8. The van der Waals surface area contributed by atoms with Crippen molar-refractivity contribution in [2.75, 3.05) is 0 Å². The van der Waals surface area contributed by atoms with Crippen LogP contribution in [-0.4, -0.2) is 10.1 Å². The van der Waals surface area contributed by atoms with Gasteiger partial charge in [0.05, 0.1) is 17.3 Å². The number of phenolic OH excluding ortho intramolecular Hbond substituents is 1. The number of rotatable bonds is 2. The summed E-state index contributed by atoms with van der Waals surface area (Å²) in [6, 6.07) is 23.5. The van der Waals surface area contributed by atoms with Gasteiger partial charge in [0.2, 0.25) is 0 Å². The zero-order valence-electron chi connectivity index (χ0n) is 18.1. The van der Waals surface area contributed by atoms with Crippen molar-refractivity contribution in [3.8, 4) is 34.2 Å². The van der Waals surface area contributed by atoms with E-state index in [0.29, 0.717) is 22.0 Å². The average molecular weight is 444 g/mol. The summed E-state index contributed by atoms with van der Waals surface area (Å²) >= 11 is 0. The number of phenols is 1. The number of fused-ring (bicyclic) bond motifs is 4. The van der Waals surface area contributed by atoms with E-state index < -0.39 is 5.82 Å². The van der Waals surface area contributed by atoms with Crippen molar-refractivity contribution in [2.45, 2.75) is 6.92 Å². The number of para-hydroxylation sites is 1. The first-order chi connectivity index (χ1) is 16.6. The van der Waals surface area contributed by atoms with Crippen molar-refractivity contribution in [1.29, 1.82) is 5.26 Å². The quantitative estimate of drug-likeness (QED) is 0.300. The third-order valence-corrected chi connectivity index (χ3v) is 6.19. The van der Waals surface area contributed by atoms with Gasteiger partial charge in [0.25, 0.3) is 0 Å². The third kappa shape index (κ3) is 2.86. The predicted octanol–water partition coefficient (Wildman–Crippen LogP) is 7.49. The fourth-order valence-electron chi connectivity index (χ4n) is 4.69. The Bertz CT molecular complexity index is 1810. The number of furan rings is 1. The fourth-order valence-corrected chi connectivity index (χ4v) is 4.69. The van der Waals surface area contributed by atoms with E-state index in [0.717, 1.165) is 27.5 Å². The van der Waals surface area contributed by atoms with E-state index in [4.69, 9.17) is 4.42 Å². The van der Waals surface area contributed by atoms with Gasteiger partial charge in [-0.1, -0.05) is 36.4 Å². The standard InChI is InChI=1S/C29H17FN2O2/c1-16-13-22-18-6-2-3-8-25(18)34-29(22)23(14-16)28-20-9-10-21(27(30)19(20)11-12-32-28)26-17(15-31)5-4-7-24(26)33/h2-14,33H,1H3. The molecule has 34 heavy (non-hydrogen) atoms. The molecule has 0 atom stereocenters. The Balaban J connectivity index is 1.65. The Morgan fingerprint density at radius 3 is 2.59 bits per heavy atom. The molecule has 4 aromatic carbocycles. The van der Waals surface area contributed by atoms with E-state index in [-0.39, 0.29) is 22.4 Å². The lowest BCUT2D eigenvalue weighted by Gasteiger charge is -2.13. The Hall–Kier alpha value is -4.69. The van der Waals surface area contributed by atoms with Gasteiger partial charge in [-0.25, -0.2) is 4.39 Å². The summed E-state index contributed by atoms with van der Waals surface area (Å²) in [6.07, 6.45) is 1.57. The molecule has 0 aliphatic heterocycles. The molecular weight excluding hydrogens is 427 g/mol. The average Bonchev–Trinajstić information content (AvgIpc) is 3.22. The number of aromatic hydroxyl groups is 1. The highest BCUT2D eigenvalue weighted by Crippen LogP contribution is 2.41. The van der Waals surface area contributed by atoms with Crippen LogP contribution in [0.4, 0.5) is 4.39 Å². The van der Waals surface area contributed by atoms with Crippen LogP contribution in [0.15, 0.2) is 83.4 Å². The van der Waals surface area contributed by atoms with Crippen LogP contribution in [-0.2, 0) is 0 Å². The summed E-state index contributed by atoms with van der Waals surface area (Å²) in [7, 11) is 0. The molecule has 2 heterocycles. The molecule has 0 fully saturated rings. The van der Waals surface area contributed by atoms with E-state index in [2.05, 4.69) is 11.1 Å². The van der Waals surface area contributed by atoms with Crippen LogP contribution in [0.1, 0.15) is 11.1 Å². The molecule has 0 saturated carbocycles. The lowest BCUT2D eigenvalue weighted by molar-refractivity contribution is 0.476. The molecule has 0 bridgehead atoms. The number of pyridine rings is 1. The molecule has 6 rings (SSSR count). The first-order valence-corrected chi connectivity index (χ1v) is 10.8. The molecule has 162 valence electrons. The van der Waals surface area contributed by atoms with Gasteiger partial charge in [-0.3, -0.25) is 4.98 Å². The van der Waals surface area contributed by atoms with Crippen LogP contribution < -0.4 is 0 Å². The predicted molar refractivity (Wildman–Crippen MR) is 131 cm³/mol. The van der Waals surface area contributed by atoms with E-state index in [1.54, 1.807) is 36.5 Å². The monoisotopic (exact) mass is 444 g/mol. The molecule has 1 N–H and O–H groups in total. The number of benzene rings is 4.